The molecule has 0 amide bonds. The molecule has 1 heterocycles. The summed E-state index contributed by atoms with van der Waals surface area (Å²) in [6.45, 7) is 9.94. The van der Waals surface area contributed by atoms with E-state index in [4.69, 9.17) is 0 Å². The first-order valence-electron chi connectivity index (χ1n) is 11.5. The number of halogens is 4. The van der Waals surface area contributed by atoms with E-state index in [0.717, 1.165) is 6.07 Å². The molecule has 190 valence electrons. The highest BCUT2D eigenvalue weighted by molar-refractivity contribution is 7.91. The van der Waals surface area contributed by atoms with E-state index >= 15 is 4.39 Å². The average Bonchev–Trinajstić information content (AvgIpc) is 3.40. The number of sulfonamides is 1. The normalized spacial score (nSPS) is 17.1. The van der Waals surface area contributed by atoms with Gasteiger partial charge in [-0.15, -0.1) is 0 Å². The highest BCUT2D eigenvalue weighted by Gasteiger charge is 2.50. The van der Waals surface area contributed by atoms with Crippen LogP contribution in [0.4, 0.5) is 17.6 Å². The van der Waals surface area contributed by atoms with Gasteiger partial charge in [-0.2, -0.15) is 13.2 Å². The van der Waals surface area contributed by atoms with Crippen molar-refractivity contribution in [2.45, 2.75) is 71.0 Å². The average molecular weight is 511 g/mol. The van der Waals surface area contributed by atoms with E-state index in [1.807, 2.05) is 25.3 Å². The molecule has 35 heavy (non-hydrogen) atoms. The van der Waals surface area contributed by atoms with Crippen LogP contribution < -0.4 is 4.72 Å². The van der Waals surface area contributed by atoms with E-state index in [1.165, 1.54) is 30.3 Å². The van der Waals surface area contributed by atoms with Gasteiger partial charge in [-0.1, -0.05) is 39.0 Å². The molecule has 2 aromatic carbocycles. The molecule has 1 aliphatic carbocycles. The van der Waals surface area contributed by atoms with Crippen molar-refractivity contribution in [1.29, 1.82) is 0 Å². The predicted octanol–water partition coefficient (Wildman–Crippen LogP) is 7.05. The van der Waals surface area contributed by atoms with Gasteiger partial charge in [0.1, 0.15) is 5.82 Å². The maximum Gasteiger partial charge on any atom is 0.417 e. The number of fused-ring (bicyclic) bond motifs is 1. The Labute approximate surface area is 203 Å². The summed E-state index contributed by atoms with van der Waals surface area (Å²) in [5.41, 5.74) is -0.361. The zero-order valence-corrected chi connectivity index (χ0v) is 21.2. The summed E-state index contributed by atoms with van der Waals surface area (Å²) in [4.78, 5) is 0. The summed E-state index contributed by atoms with van der Waals surface area (Å²) in [7, 11) is -3.59. The van der Waals surface area contributed by atoms with Gasteiger partial charge >= 0.3 is 6.18 Å². The summed E-state index contributed by atoms with van der Waals surface area (Å²) in [5, 5.41) is 0.469. The third-order valence-corrected chi connectivity index (χ3v) is 8.94. The predicted molar refractivity (Wildman–Crippen MR) is 130 cm³/mol. The number of alkyl halides is 3. The molecule has 4 rings (SSSR count). The van der Waals surface area contributed by atoms with Gasteiger partial charge in [-0.25, -0.2) is 17.5 Å². The number of nitrogens with zero attached hydrogens (tertiary/aromatic N) is 1. The second-order valence-electron chi connectivity index (χ2n) is 11.0. The van der Waals surface area contributed by atoms with Gasteiger partial charge < -0.3 is 4.57 Å². The maximum atomic E-state index is 15.4. The van der Waals surface area contributed by atoms with E-state index in [2.05, 4.69) is 4.72 Å². The van der Waals surface area contributed by atoms with Crippen LogP contribution in [0, 0.1) is 11.2 Å². The van der Waals surface area contributed by atoms with Gasteiger partial charge in [-0.3, -0.25) is 0 Å². The molecular formula is C26H30F4N2O2S. The van der Waals surface area contributed by atoms with Gasteiger partial charge in [0.25, 0.3) is 0 Å². The standard InChI is InChI=1S/C26H30F4N2O2S/c1-16(31-35(33,34)25(5)10-11-25)20-14-32(15-24(2,3)4)23-13-18(22(27)12-19(20)23)17-8-6-7-9-21(17)26(28,29)30/h6-9,12-14,16,31H,10-11,15H2,1-5H3/t16-/m1/s1. The van der Waals surface area contributed by atoms with Crippen molar-refractivity contribution in [2.75, 3.05) is 0 Å². The van der Waals surface area contributed by atoms with E-state index in [1.54, 1.807) is 20.0 Å². The Balaban J connectivity index is 1.88. The summed E-state index contributed by atoms with van der Waals surface area (Å²) in [6.07, 6.45) is -1.70. The molecule has 1 aromatic heterocycles. The summed E-state index contributed by atoms with van der Waals surface area (Å²) < 4.78 is 85.8. The number of rotatable bonds is 6. The Morgan fingerprint density at radius 2 is 1.71 bits per heavy atom. The second-order valence-corrected chi connectivity index (χ2v) is 13.2. The molecule has 9 heteroatoms. The highest BCUT2D eigenvalue weighted by Crippen LogP contribution is 2.44. The maximum absolute atomic E-state index is 15.4. The molecular weight excluding hydrogens is 480 g/mol. The van der Waals surface area contributed by atoms with Crippen LogP contribution in [0.15, 0.2) is 42.6 Å². The van der Waals surface area contributed by atoms with Crippen molar-refractivity contribution in [2.24, 2.45) is 5.41 Å². The minimum absolute atomic E-state index is 0.149. The lowest BCUT2D eigenvalue weighted by atomic mass is 9.96. The van der Waals surface area contributed by atoms with E-state index in [9.17, 15) is 21.6 Å². The molecule has 0 aliphatic heterocycles. The molecule has 1 aliphatic rings. The zero-order valence-electron chi connectivity index (χ0n) is 20.4. The Kier molecular flexibility index (Phi) is 6.12. The zero-order chi connectivity index (χ0) is 26.0. The van der Waals surface area contributed by atoms with Crippen molar-refractivity contribution in [3.8, 4) is 11.1 Å². The van der Waals surface area contributed by atoms with Crippen molar-refractivity contribution in [1.82, 2.24) is 9.29 Å². The first kappa shape index (κ1) is 25.7. The Hall–Kier alpha value is -2.39. The molecule has 4 nitrogen and oxygen atoms in total. The SMILES string of the molecule is C[C@@H](NS(=O)(=O)C1(C)CC1)c1cn(CC(C)(C)C)c2cc(-c3ccccc3C(F)(F)F)c(F)cc12. The van der Waals surface area contributed by atoms with Crippen molar-refractivity contribution in [3.63, 3.8) is 0 Å². The molecule has 1 N–H and O–H groups in total. The Morgan fingerprint density at radius 1 is 1.09 bits per heavy atom. The second kappa shape index (κ2) is 8.34. The molecule has 0 radical (unpaired) electrons. The van der Waals surface area contributed by atoms with Gasteiger partial charge in [0.15, 0.2) is 0 Å². The smallest absolute Gasteiger partial charge is 0.347 e. The monoisotopic (exact) mass is 510 g/mol. The fourth-order valence-corrected chi connectivity index (χ4v) is 5.90. The van der Waals surface area contributed by atoms with Crippen LogP contribution in [0.1, 0.15) is 64.6 Å². The number of benzene rings is 2. The van der Waals surface area contributed by atoms with Crippen LogP contribution in [-0.2, 0) is 22.7 Å². The fraction of sp³-hybridized carbons (Fsp3) is 0.462. The van der Waals surface area contributed by atoms with E-state index < -0.39 is 38.4 Å². The quantitative estimate of drug-likeness (QED) is 0.362. The van der Waals surface area contributed by atoms with Gasteiger partial charge in [0.05, 0.1) is 10.3 Å². The molecule has 3 aromatic rings. The summed E-state index contributed by atoms with van der Waals surface area (Å²) in [6, 6.07) is 6.94. The lowest BCUT2D eigenvalue weighted by Crippen LogP contribution is -2.35. The van der Waals surface area contributed by atoms with Crippen LogP contribution in [0.25, 0.3) is 22.0 Å². The van der Waals surface area contributed by atoms with Crippen LogP contribution in [0.2, 0.25) is 0 Å². The van der Waals surface area contributed by atoms with Crippen LogP contribution in [0.5, 0.6) is 0 Å². The van der Waals surface area contributed by atoms with Crippen LogP contribution in [-0.4, -0.2) is 17.7 Å². The molecule has 0 bridgehead atoms. The summed E-state index contributed by atoms with van der Waals surface area (Å²) >= 11 is 0. The fourth-order valence-electron chi connectivity index (χ4n) is 4.38. The van der Waals surface area contributed by atoms with Gasteiger partial charge in [-0.05, 0) is 61.4 Å². The van der Waals surface area contributed by atoms with Gasteiger partial charge in [0.2, 0.25) is 10.0 Å². The molecule has 0 saturated heterocycles. The largest absolute Gasteiger partial charge is 0.417 e. The lowest BCUT2D eigenvalue weighted by Gasteiger charge is -2.20. The molecule has 0 spiro atoms. The first-order valence-corrected chi connectivity index (χ1v) is 13.0. The number of hydrogen-bond acceptors (Lipinski definition) is 2. The highest BCUT2D eigenvalue weighted by atomic mass is 32.2. The minimum Gasteiger partial charge on any atom is -0.347 e. The number of nitrogens with one attached hydrogen (secondary N) is 1. The van der Waals surface area contributed by atoms with E-state index in [-0.39, 0.29) is 16.5 Å². The number of aromatic nitrogens is 1. The Morgan fingerprint density at radius 3 is 2.29 bits per heavy atom. The molecule has 1 fully saturated rings. The minimum atomic E-state index is -4.64. The topological polar surface area (TPSA) is 51.1 Å². The molecule has 1 saturated carbocycles. The molecule has 1 atom stereocenters. The van der Waals surface area contributed by atoms with Crippen LogP contribution in [0.3, 0.4) is 0 Å². The van der Waals surface area contributed by atoms with Gasteiger partial charge in [0, 0.05) is 35.2 Å². The van der Waals surface area contributed by atoms with Crippen molar-refractivity contribution >= 4 is 20.9 Å². The Bertz CT molecular complexity index is 1380. The third kappa shape index (κ3) is 4.98. The lowest BCUT2D eigenvalue weighted by molar-refractivity contribution is -0.137. The van der Waals surface area contributed by atoms with Crippen molar-refractivity contribution in [3.05, 3.63) is 59.5 Å². The summed E-state index contributed by atoms with van der Waals surface area (Å²) in [5.74, 6) is -0.798. The number of hydrogen-bond donors (Lipinski definition) is 1. The first-order chi connectivity index (χ1) is 16.0. The van der Waals surface area contributed by atoms with Crippen LogP contribution >= 0.6 is 0 Å². The third-order valence-electron chi connectivity index (χ3n) is 6.57. The molecule has 0 unspecified atom stereocenters. The van der Waals surface area contributed by atoms with Crippen molar-refractivity contribution < 1.29 is 26.0 Å². The van der Waals surface area contributed by atoms with E-state index in [0.29, 0.717) is 35.9 Å².